The molecule has 0 bridgehead atoms. The average Bonchev–Trinajstić information content (AvgIpc) is 1.87. The van der Waals surface area contributed by atoms with Crippen molar-refractivity contribution >= 4 is 11.7 Å². The minimum absolute atomic E-state index is 0.105. The van der Waals surface area contributed by atoms with Gasteiger partial charge in [-0.1, -0.05) is 0 Å². The molecule has 0 aliphatic heterocycles. The van der Waals surface area contributed by atoms with Gasteiger partial charge in [0.15, 0.2) is 0 Å². The first-order valence-electron chi connectivity index (χ1n) is 3.43. The molecule has 0 spiro atoms. The Morgan fingerprint density at radius 1 is 1.36 bits per heavy atom. The molecule has 1 unspecified atom stereocenters. The van der Waals surface area contributed by atoms with Crippen LogP contribution in [-0.4, -0.2) is 36.9 Å². The van der Waals surface area contributed by atoms with E-state index in [-0.39, 0.29) is 6.17 Å². The predicted molar refractivity (Wildman–Crippen MR) is 42.0 cm³/mol. The third-order valence-corrected chi connectivity index (χ3v) is 1.43. The highest BCUT2D eigenvalue weighted by atomic mass is 16.2. The summed E-state index contributed by atoms with van der Waals surface area (Å²) in [6.07, 6.45) is -0.105. The lowest BCUT2D eigenvalue weighted by Gasteiger charge is -2.19. The zero-order chi connectivity index (χ0) is 9.02. The van der Waals surface area contributed by atoms with Crippen molar-refractivity contribution in [1.29, 1.82) is 0 Å². The topological polar surface area (TPSA) is 49.4 Å². The molecule has 4 heteroatoms. The van der Waals surface area contributed by atoms with E-state index in [0.717, 1.165) is 0 Å². The van der Waals surface area contributed by atoms with E-state index in [1.165, 1.54) is 6.92 Å². The molecule has 0 aromatic carbocycles. The van der Waals surface area contributed by atoms with Crippen LogP contribution in [0.25, 0.3) is 0 Å². The van der Waals surface area contributed by atoms with Crippen molar-refractivity contribution in [2.45, 2.75) is 20.0 Å². The maximum absolute atomic E-state index is 10.8. The Balaban J connectivity index is 3.85. The summed E-state index contributed by atoms with van der Waals surface area (Å²) in [5, 5.41) is 2.52. The molecule has 0 rings (SSSR count). The van der Waals surface area contributed by atoms with Gasteiger partial charge in [0.2, 0.25) is 5.78 Å². The number of amides is 1. The Labute approximate surface area is 66.6 Å². The summed E-state index contributed by atoms with van der Waals surface area (Å²) in [4.78, 5) is 23.0. The van der Waals surface area contributed by atoms with Crippen LogP contribution in [0.5, 0.6) is 0 Å². The Bertz CT molecular complexity index is 166. The Hall–Kier alpha value is -0.900. The molecule has 1 atom stereocenters. The lowest BCUT2D eigenvalue weighted by atomic mass is 10.4. The number of hydrogen-bond donors (Lipinski definition) is 1. The van der Waals surface area contributed by atoms with Gasteiger partial charge in [0.05, 0.1) is 6.17 Å². The van der Waals surface area contributed by atoms with Crippen molar-refractivity contribution in [3.63, 3.8) is 0 Å². The van der Waals surface area contributed by atoms with Crippen LogP contribution in [0.15, 0.2) is 0 Å². The normalized spacial score (nSPS) is 12.8. The highest BCUT2D eigenvalue weighted by molar-refractivity contribution is 6.35. The molecule has 64 valence electrons. The minimum atomic E-state index is -0.536. The zero-order valence-electron chi connectivity index (χ0n) is 7.34. The highest BCUT2D eigenvalue weighted by Gasteiger charge is 2.11. The second-order valence-corrected chi connectivity index (χ2v) is 2.67. The van der Waals surface area contributed by atoms with E-state index >= 15 is 0 Å². The van der Waals surface area contributed by atoms with Crippen LogP contribution >= 0.6 is 0 Å². The van der Waals surface area contributed by atoms with Crippen LogP contribution in [0.1, 0.15) is 13.8 Å². The van der Waals surface area contributed by atoms with Crippen LogP contribution in [0, 0.1) is 0 Å². The van der Waals surface area contributed by atoms with E-state index in [1.807, 2.05) is 14.1 Å². The molecule has 11 heavy (non-hydrogen) atoms. The summed E-state index contributed by atoms with van der Waals surface area (Å²) >= 11 is 0. The van der Waals surface area contributed by atoms with E-state index in [9.17, 15) is 9.59 Å². The molecule has 0 aliphatic carbocycles. The Morgan fingerprint density at radius 2 is 1.82 bits per heavy atom. The predicted octanol–water partition coefficient (Wildman–Crippen LogP) is -0.401. The molecule has 0 saturated carbocycles. The summed E-state index contributed by atoms with van der Waals surface area (Å²) in [6.45, 7) is 3.05. The lowest BCUT2D eigenvalue weighted by molar-refractivity contribution is -0.137. The number of carbonyl (C=O) groups is 2. The van der Waals surface area contributed by atoms with Gasteiger partial charge in [-0.3, -0.25) is 14.5 Å². The van der Waals surface area contributed by atoms with Gasteiger partial charge in [-0.05, 0) is 21.0 Å². The second kappa shape index (κ2) is 4.08. The van der Waals surface area contributed by atoms with Gasteiger partial charge in [-0.25, -0.2) is 0 Å². The molecule has 0 aliphatic rings. The lowest BCUT2D eigenvalue weighted by Crippen LogP contribution is -2.44. The van der Waals surface area contributed by atoms with Gasteiger partial charge in [0.25, 0.3) is 5.91 Å². The number of carbonyl (C=O) groups excluding carboxylic acids is 2. The van der Waals surface area contributed by atoms with Crippen molar-refractivity contribution < 1.29 is 9.59 Å². The van der Waals surface area contributed by atoms with Crippen LogP contribution < -0.4 is 5.32 Å². The van der Waals surface area contributed by atoms with Gasteiger partial charge in [-0.15, -0.1) is 0 Å². The van der Waals surface area contributed by atoms with E-state index in [1.54, 1.807) is 11.8 Å². The number of Topliss-reactive ketones (excluding diaryl/α,β-unsaturated/α-hetero) is 1. The maximum atomic E-state index is 10.8. The first-order chi connectivity index (χ1) is 4.95. The first-order valence-corrected chi connectivity index (χ1v) is 3.43. The van der Waals surface area contributed by atoms with E-state index in [4.69, 9.17) is 0 Å². The van der Waals surface area contributed by atoms with E-state index < -0.39 is 11.7 Å². The molecular formula is C7H14N2O2. The smallest absolute Gasteiger partial charge is 0.288 e. The fourth-order valence-electron chi connectivity index (χ4n) is 0.420. The number of nitrogens with zero attached hydrogens (tertiary/aromatic N) is 1. The molecule has 1 amide bonds. The molecule has 0 saturated heterocycles. The molecule has 0 fully saturated rings. The van der Waals surface area contributed by atoms with Crippen molar-refractivity contribution in [1.82, 2.24) is 10.2 Å². The largest absolute Gasteiger partial charge is 0.334 e. The summed E-state index contributed by atoms with van der Waals surface area (Å²) in [5.41, 5.74) is 0. The van der Waals surface area contributed by atoms with Gasteiger partial charge < -0.3 is 5.32 Å². The third kappa shape index (κ3) is 3.72. The van der Waals surface area contributed by atoms with Gasteiger partial charge >= 0.3 is 0 Å². The van der Waals surface area contributed by atoms with E-state index in [0.29, 0.717) is 0 Å². The van der Waals surface area contributed by atoms with Gasteiger partial charge in [-0.2, -0.15) is 0 Å². The monoisotopic (exact) mass is 158 g/mol. The van der Waals surface area contributed by atoms with Crippen molar-refractivity contribution in [3.8, 4) is 0 Å². The molecule has 4 nitrogen and oxygen atoms in total. The highest BCUT2D eigenvalue weighted by Crippen LogP contribution is 1.85. The number of hydrogen-bond acceptors (Lipinski definition) is 3. The van der Waals surface area contributed by atoms with Gasteiger partial charge in [0, 0.05) is 6.92 Å². The number of ketones is 1. The Morgan fingerprint density at radius 3 is 2.09 bits per heavy atom. The molecular weight excluding hydrogens is 144 g/mol. The average molecular weight is 158 g/mol. The quantitative estimate of drug-likeness (QED) is 0.449. The number of nitrogens with one attached hydrogen (secondary N) is 1. The second-order valence-electron chi connectivity index (χ2n) is 2.67. The number of rotatable bonds is 3. The first kappa shape index (κ1) is 10.1. The van der Waals surface area contributed by atoms with Gasteiger partial charge in [0.1, 0.15) is 0 Å². The SMILES string of the molecule is CC(=O)C(=O)NC(C)N(C)C. The standard InChI is InChI=1S/C7H14N2O2/c1-5(10)7(11)8-6(2)9(3)4/h6H,1-4H3,(H,8,11). The van der Waals surface area contributed by atoms with Crippen molar-refractivity contribution in [3.05, 3.63) is 0 Å². The molecule has 0 aromatic heterocycles. The summed E-state index contributed by atoms with van der Waals surface area (Å²) in [7, 11) is 3.65. The van der Waals surface area contributed by atoms with Crippen LogP contribution in [0.3, 0.4) is 0 Å². The summed E-state index contributed by atoms with van der Waals surface area (Å²) < 4.78 is 0. The van der Waals surface area contributed by atoms with Crippen molar-refractivity contribution in [2.75, 3.05) is 14.1 Å². The molecule has 0 heterocycles. The molecule has 1 N–H and O–H groups in total. The minimum Gasteiger partial charge on any atom is -0.334 e. The molecule has 0 radical (unpaired) electrons. The van der Waals surface area contributed by atoms with E-state index in [2.05, 4.69) is 5.32 Å². The fraction of sp³-hybridized carbons (Fsp3) is 0.714. The maximum Gasteiger partial charge on any atom is 0.288 e. The van der Waals surface area contributed by atoms with Crippen molar-refractivity contribution in [2.24, 2.45) is 0 Å². The van der Waals surface area contributed by atoms with Crippen LogP contribution in [0.2, 0.25) is 0 Å². The third-order valence-electron chi connectivity index (χ3n) is 1.43. The van der Waals surface area contributed by atoms with Crippen LogP contribution in [-0.2, 0) is 9.59 Å². The molecule has 0 aromatic rings. The fourth-order valence-corrected chi connectivity index (χ4v) is 0.420. The van der Waals surface area contributed by atoms with Crippen LogP contribution in [0.4, 0.5) is 0 Å². The summed E-state index contributed by atoms with van der Waals surface area (Å²) in [5.74, 6) is -0.995. The Kier molecular flexibility index (Phi) is 3.74. The summed E-state index contributed by atoms with van der Waals surface area (Å²) in [6, 6.07) is 0. The zero-order valence-corrected chi connectivity index (χ0v) is 7.34.